The van der Waals surface area contributed by atoms with Crippen LogP contribution in [-0.2, 0) is 31.5 Å². The molecule has 2 rings (SSSR count). The molecule has 160 valence electrons. The molecule has 0 bridgehead atoms. The first-order valence-corrected chi connectivity index (χ1v) is 11.1. The third kappa shape index (κ3) is 5.27. The predicted octanol–water partition coefficient (Wildman–Crippen LogP) is 1.28. The van der Waals surface area contributed by atoms with Gasteiger partial charge in [0.25, 0.3) is 5.56 Å². The lowest BCUT2D eigenvalue weighted by Crippen LogP contribution is -2.18. The van der Waals surface area contributed by atoms with Crippen molar-refractivity contribution in [3.05, 3.63) is 45.7 Å². The van der Waals surface area contributed by atoms with Crippen LogP contribution in [0.2, 0.25) is 0 Å². The standard InChI is InChI=1S/C16H16N4O8S2/c1-10-13(9-17)15(21)20(2)16(22)14(10)19-18-11-3-5-12(6-4-11)29(23,24)8-7-28-30(25,26)27/h3-6,21H,7-8H2,1-2H3,(H,25,26,27). The quantitative estimate of drug-likeness (QED) is 0.456. The number of aromatic nitrogens is 1. The van der Waals surface area contributed by atoms with Crippen LogP contribution in [0.4, 0.5) is 11.4 Å². The lowest BCUT2D eigenvalue weighted by atomic mass is 10.1. The Morgan fingerprint density at radius 2 is 1.77 bits per heavy atom. The molecule has 0 aliphatic rings. The van der Waals surface area contributed by atoms with E-state index in [1.54, 1.807) is 6.07 Å². The molecule has 2 aromatic rings. The van der Waals surface area contributed by atoms with Crippen molar-refractivity contribution in [2.24, 2.45) is 17.3 Å². The Morgan fingerprint density at radius 3 is 2.30 bits per heavy atom. The molecule has 14 heteroatoms. The van der Waals surface area contributed by atoms with E-state index in [1.807, 2.05) is 0 Å². The van der Waals surface area contributed by atoms with E-state index < -0.39 is 44.0 Å². The van der Waals surface area contributed by atoms with E-state index in [1.165, 1.54) is 38.2 Å². The molecule has 0 unspecified atom stereocenters. The zero-order chi connectivity index (χ0) is 22.7. The first kappa shape index (κ1) is 23.2. The van der Waals surface area contributed by atoms with Crippen LogP contribution in [-0.4, -0.2) is 43.4 Å². The van der Waals surface area contributed by atoms with E-state index in [-0.39, 0.29) is 27.4 Å². The van der Waals surface area contributed by atoms with E-state index in [0.717, 1.165) is 4.57 Å². The summed E-state index contributed by atoms with van der Waals surface area (Å²) >= 11 is 0. The van der Waals surface area contributed by atoms with Gasteiger partial charge in [-0.25, -0.2) is 12.6 Å². The van der Waals surface area contributed by atoms with Crippen LogP contribution in [0.1, 0.15) is 11.1 Å². The number of aromatic hydroxyl groups is 1. The first-order chi connectivity index (χ1) is 13.9. The topological polar surface area (TPSA) is 188 Å². The number of hydrogen-bond donors (Lipinski definition) is 2. The van der Waals surface area contributed by atoms with Gasteiger partial charge in [0.05, 0.1) is 22.9 Å². The molecular weight excluding hydrogens is 440 g/mol. The van der Waals surface area contributed by atoms with Gasteiger partial charge in [0.15, 0.2) is 15.5 Å². The Hall–Kier alpha value is -3.12. The number of nitriles is 1. The largest absolute Gasteiger partial charge is 0.493 e. The average Bonchev–Trinajstić information content (AvgIpc) is 2.66. The number of hydrogen-bond acceptors (Lipinski definition) is 10. The van der Waals surface area contributed by atoms with Crippen LogP contribution in [0.25, 0.3) is 0 Å². The third-order valence-electron chi connectivity index (χ3n) is 3.94. The molecule has 1 heterocycles. The molecule has 2 N–H and O–H groups in total. The first-order valence-electron chi connectivity index (χ1n) is 8.06. The monoisotopic (exact) mass is 456 g/mol. The van der Waals surface area contributed by atoms with Crippen molar-refractivity contribution in [3.8, 4) is 11.9 Å². The van der Waals surface area contributed by atoms with E-state index in [4.69, 9.17) is 9.81 Å². The van der Waals surface area contributed by atoms with Crippen LogP contribution in [0.3, 0.4) is 0 Å². The summed E-state index contributed by atoms with van der Waals surface area (Å²) < 4.78 is 58.5. The van der Waals surface area contributed by atoms with Gasteiger partial charge in [-0.05, 0) is 31.2 Å². The molecule has 12 nitrogen and oxygen atoms in total. The van der Waals surface area contributed by atoms with Crippen molar-refractivity contribution >= 4 is 31.6 Å². The number of benzene rings is 1. The fourth-order valence-electron chi connectivity index (χ4n) is 2.32. The van der Waals surface area contributed by atoms with E-state index >= 15 is 0 Å². The van der Waals surface area contributed by atoms with Crippen LogP contribution in [0.15, 0.2) is 44.2 Å². The van der Waals surface area contributed by atoms with Crippen LogP contribution in [0, 0.1) is 18.3 Å². The Bertz CT molecular complexity index is 1300. The predicted molar refractivity (Wildman–Crippen MR) is 103 cm³/mol. The van der Waals surface area contributed by atoms with Crippen LogP contribution in [0.5, 0.6) is 5.88 Å². The summed E-state index contributed by atoms with van der Waals surface area (Å²) in [6.45, 7) is 0.672. The van der Waals surface area contributed by atoms with Gasteiger partial charge in [-0.1, -0.05) is 0 Å². The van der Waals surface area contributed by atoms with E-state index in [9.17, 15) is 26.7 Å². The molecule has 1 aromatic carbocycles. The summed E-state index contributed by atoms with van der Waals surface area (Å²) in [5.41, 5.74) is -0.632. The molecule has 0 spiro atoms. The Morgan fingerprint density at radius 1 is 1.17 bits per heavy atom. The van der Waals surface area contributed by atoms with Crippen molar-refractivity contribution in [3.63, 3.8) is 0 Å². The lowest BCUT2D eigenvalue weighted by Gasteiger charge is -2.08. The van der Waals surface area contributed by atoms with E-state index in [0.29, 0.717) is 0 Å². The van der Waals surface area contributed by atoms with E-state index in [2.05, 4.69) is 14.4 Å². The van der Waals surface area contributed by atoms with Crippen molar-refractivity contribution in [1.29, 1.82) is 5.26 Å². The van der Waals surface area contributed by atoms with Crippen molar-refractivity contribution < 1.29 is 30.7 Å². The lowest BCUT2D eigenvalue weighted by molar-refractivity contribution is 0.284. The highest BCUT2D eigenvalue weighted by molar-refractivity contribution is 7.91. The molecule has 0 aliphatic heterocycles. The van der Waals surface area contributed by atoms with Gasteiger partial charge in [0.2, 0.25) is 5.88 Å². The highest BCUT2D eigenvalue weighted by atomic mass is 32.3. The van der Waals surface area contributed by atoms with Gasteiger partial charge in [-0.2, -0.15) is 18.8 Å². The van der Waals surface area contributed by atoms with Gasteiger partial charge >= 0.3 is 10.4 Å². The maximum Gasteiger partial charge on any atom is 0.397 e. The molecule has 0 amide bonds. The van der Waals surface area contributed by atoms with Gasteiger partial charge in [-0.15, -0.1) is 5.11 Å². The fourth-order valence-corrected chi connectivity index (χ4v) is 3.80. The molecular formula is C16H16N4O8S2. The molecule has 0 atom stereocenters. The molecule has 0 fully saturated rings. The minimum atomic E-state index is -4.74. The smallest absolute Gasteiger partial charge is 0.397 e. The second-order valence-electron chi connectivity index (χ2n) is 5.91. The number of pyridine rings is 1. The summed E-state index contributed by atoms with van der Waals surface area (Å²) in [4.78, 5) is 12.1. The van der Waals surface area contributed by atoms with Crippen LogP contribution >= 0.6 is 0 Å². The van der Waals surface area contributed by atoms with Crippen molar-refractivity contribution in [1.82, 2.24) is 4.57 Å². The fraction of sp³-hybridized carbons (Fsp3) is 0.250. The normalized spacial score (nSPS) is 12.2. The Labute approximate surface area is 171 Å². The SMILES string of the molecule is Cc1c(C#N)c(O)n(C)c(=O)c1N=Nc1ccc(S(=O)(=O)CCOS(=O)(=O)O)cc1. The highest BCUT2D eigenvalue weighted by Gasteiger charge is 2.18. The van der Waals surface area contributed by atoms with Crippen molar-refractivity contribution in [2.45, 2.75) is 11.8 Å². The maximum atomic E-state index is 12.2. The molecule has 1 aromatic heterocycles. The highest BCUT2D eigenvalue weighted by Crippen LogP contribution is 2.26. The summed E-state index contributed by atoms with van der Waals surface area (Å²) in [6.07, 6.45) is 0. The second kappa shape index (κ2) is 8.71. The van der Waals surface area contributed by atoms with Gasteiger partial charge in [0.1, 0.15) is 11.6 Å². The third-order valence-corrected chi connectivity index (χ3v) is 6.10. The zero-order valence-electron chi connectivity index (χ0n) is 15.7. The molecule has 0 aliphatic carbocycles. The molecule has 0 saturated carbocycles. The molecule has 30 heavy (non-hydrogen) atoms. The second-order valence-corrected chi connectivity index (χ2v) is 9.11. The minimum Gasteiger partial charge on any atom is -0.493 e. The van der Waals surface area contributed by atoms with Crippen LogP contribution < -0.4 is 5.56 Å². The number of nitrogens with zero attached hydrogens (tertiary/aromatic N) is 4. The number of rotatable bonds is 7. The minimum absolute atomic E-state index is 0.125. The zero-order valence-corrected chi connectivity index (χ0v) is 17.3. The molecule has 0 saturated heterocycles. The number of azo groups is 1. The number of sulfone groups is 1. The molecule has 0 radical (unpaired) electrons. The van der Waals surface area contributed by atoms with Gasteiger partial charge in [-0.3, -0.25) is 13.9 Å². The summed E-state index contributed by atoms with van der Waals surface area (Å²) in [6, 6.07) is 6.76. The summed E-state index contributed by atoms with van der Waals surface area (Å²) in [5, 5.41) is 26.6. The van der Waals surface area contributed by atoms with Crippen molar-refractivity contribution in [2.75, 3.05) is 12.4 Å². The Balaban J connectivity index is 2.27. The summed E-state index contributed by atoms with van der Waals surface area (Å²) in [5.74, 6) is -1.18. The Kier molecular flexibility index (Phi) is 6.73. The summed E-state index contributed by atoms with van der Waals surface area (Å²) in [7, 11) is -7.37. The van der Waals surface area contributed by atoms with Gasteiger partial charge in [0, 0.05) is 12.6 Å². The maximum absolute atomic E-state index is 12.2. The van der Waals surface area contributed by atoms with Gasteiger partial charge < -0.3 is 5.11 Å². The average molecular weight is 456 g/mol.